The molecule has 3 atom stereocenters. The van der Waals surface area contributed by atoms with E-state index >= 15 is 0 Å². The predicted molar refractivity (Wildman–Crippen MR) is 126 cm³/mol. The van der Waals surface area contributed by atoms with Gasteiger partial charge in [-0.15, -0.1) is 0 Å². The van der Waals surface area contributed by atoms with E-state index in [9.17, 15) is 13.6 Å². The van der Waals surface area contributed by atoms with Crippen LogP contribution in [0.4, 0.5) is 19.3 Å². The molecule has 0 bridgehead atoms. The molecule has 3 fully saturated rings. The molecule has 0 unspecified atom stereocenters. The SMILES string of the molecule is COc1ccc([C@@]23CC[C@@H](NC(=O)Nc4ccc(F)c(F)c4)C[C@@H]2N(C2CC2)CC3)cc1OC. The lowest BCUT2D eigenvalue weighted by atomic mass is 9.65. The van der Waals surface area contributed by atoms with Gasteiger partial charge < -0.3 is 20.1 Å². The molecule has 2 amide bonds. The van der Waals surface area contributed by atoms with E-state index in [1.807, 2.05) is 6.07 Å². The second kappa shape index (κ2) is 9.06. The fourth-order valence-corrected chi connectivity index (χ4v) is 5.97. The number of urea groups is 1. The third-order valence-corrected chi connectivity index (χ3v) is 7.79. The molecule has 1 heterocycles. The molecule has 2 aliphatic carbocycles. The van der Waals surface area contributed by atoms with Gasteiger partial charge in [0.15, 0.2) is 23.1 Å². The highest BCUT2D eigenvalue weighted by Gasteiger charge is 2.54. The van der Waals surface area contributed by atoms with Crippen LogP contribution in [0, 0.1) is 11.6 Å². The van der Waals surface area contributed by atoms with Crippen LogP contribution in [0.25, 0.3) is 0 Å². The summed E-state index contributed by atoms with van der Waals surface area (Å²) in [6, 6.07) is 10.2. The van der Waals surface area contributed by atoms with Gasteiger partial charge in [-0.2, -0.15) is 0 Å². The molecule has 0 radical (unpaired) electrons. The number of carbonyl (C=O) groups is 1. The summed E-state index contributed by atoms with van der Waals surface area (Å²) < 4.78 is 37.7. The van der Waals surface area contributed by atoms with E-state index in [-0.39, 0.29) is 17.1 Å². The average Bonchev–Trinajstić information content (AvgIpc) is 3.61. The maximum atomic E-state index is 13.5. The first-order chi connectivity index (χ1) is 16.4. The lowest BCUT2D eigenvalue weighted by Crippen LogP contribution is -2.53. The molecule has 2 aromatic rings. The van der Waals surface area contributed by atoms with Crippen molar-refractivity contribution in [1.82, 2.24) is 10.2 Å². The van der Waals surface area contributed by atoms with Gasteiger partial charge in [-0.3, -0.25) is 4.90 Å². The fourth-order valence-electron chi connectivity index (χ4n) is 5.97. The zero-order valence-corrected chi connectivity index (χ0v) is 19.6. The number of methoxy groups -OCH3 is 2. The van der Waals surface area contributed by atoms with E-state index in [0.29, 0.717) is 12.1 Å². The van der Waals surface area contributed by atoms with E-state index in [0.717, 1.165) is 55.9 Å². The summed E-state index contributed by atoms with van der Waals surface area (Å²) >= 11 is 0. The normalized spacial score (nSPS) is 26.6. The monoisotopic (exact) mass is 471 g/mol. The van der Waals surface area contributed by atoms with Crippen LogP contribution in [0.5, 0.6) is 11.5 Å². The first kappa shape index (κ1) is 22.9. The number of anilines is 1. The minimum atomic E-state index is -0.985. The molecule has 3 aliphatic rings. The quantitative estimate of drug-likeness (QED) is 0.634. The Kier molecular flexibility index (Phi) is 6.10. The highest BCUT2D eigenvalue weighted by Crippen LogP contribution is 2.52. The molecule has 34 heavy (non-hydrogen) atoms. The van der Waals surface area contributed by atoms with E-state index in [2.05, 4.69) is 27.7 Å². The number of nitrogens with one attached hydrogen (secondary N) is 2. The summed E-state index contributed by atoms with van der Waals surface area (Å²) in [4.78, 5) is 15.3. The molecule has 5 rings (SSSR count). The summed E-state index contributed by atoms with van der Waals surface area (Å²) in [7, 11) is 3.31. The minimum Gasteiger partial charge on any atom is -0.493 e. The number of amides is 2. The summed E-state index contributed by atoms with van der Waals surface area (Å²) in [6.07, 6.45) is 6.18. The van der Waals surface area contributed by atoms with Gasteiger partial charge in [0.05, 0.1) is 14.2 Å². The van der Waals surface area contributed by atoms with E-state index < -0.39 is 17.7 Å². The fraction of sp³-hybridized carbons (Fsp3) is 0.500. The lowest BCUT2D eigenvalue weighted by Gasteiger charge is -2.45. The van der Waals surface area contributed by atoms with Crippen LogP contribution in [-0.2, 0) is 5.41 Å². The number of benzene rings is 2. The largest absolute Gasteiger partial charge is 0.493 e. The second-order valence-electron chi connectivity index (χ2n) is 9.66. The molecule has 1 aliphatic heterocycles. The average molecular weight is 472 g/mol. The zero-order valence-electron chi connectivity index (χ0n) is 19.6. The molecule has 1 saturated heterocycles. The number of hydrogen-bond acceptors (Lipinski definition) is 4. The molecule has 2 aromatic carbocycles. The van der Waals surface area contributed by atoms with Gasteiger partial charge in [0.2, 0.25) is 0 Å². The van der Waals surface area contributed by atoms with Crippen molar-refractivity contribution in [3.63, 3.8) is 0 Å². The Hall–Kier alpha value is -2.87. The number of halogens is 2. The van der Waals surface area contributed by atoms with Crippen LogP contribution < -0.4 is 20.1 Å². The van der Waals surface area contributed by atoms with Gasteiger partial charge in [0.25, 0.3) is 0 Å². The standard InChI is InChI=1S/C26H31F2N3O3/c1-33-22-8-3-16(13-23(22)34-2)26-10-9-18(15-24(26)31(12-11-26)19-5-6-19)30-25(32)29-17-4-7-20(27)21(28)14-17/h3-4,7-8,13-14,18-19,24H,5-6,9-12,15H2,1-2H3,(H2,29,30,32)/t18-,24+,26+/m1/s1. The van der Waals surface area contributed by atoms with Crippen molar-refractivity contribution < 1.29 is 23.0 Å². The first-order valence-corrected chi connectivity index (χ1v) is 11.9. The number of rotatable bonds is 6. The van der Waals surface area contributed by atoms with Crippen molar-refractivity contribution in [2.45, 2.75) is 62.1 Å². The van der Waals surface area contributed by atoms with Gasteiger partial charge >= 0.3 is 6.03 Å². The maximum Gasteiger partial charge on any atom is 0.319 e. The topological polar surface area (TPSA) is 62.8 Å². The Morgan fingerprint density at radius 1 is 1.00 bits per heavy atom. The smallest absolute Gasteiger partial charge is 0.319 e. The predicted octanol–water partition coefficient (Wildman–Crippen LogP) is 4.83. The summed E-state index contributed by atoms with van der Waals surface area (Å²) in [5.74, 6) is -0.461. The Labute approximate surface area is 198 Å². The molecule has 8 heteroatoms. The molecule has 2 N–H and O–H groups in total. The molecule has 2 saturated carbocycles. The van der Waals surface area contributed by atoms with Crippen LogP contribution in [0.15, 0.2) is 36.4 Å². The molecule has 6 nitrogen and oxygen atoms in total. The first-order valence-electron chi connectivity index (χ1n) is 11.9. The van der Waals surface area contributed by atoms with Crippen molar-refractivity contribution in [2.24, 2.45) is 0 Å². The Morgan fingerprint density at radius 3 is 2.50 bits per heavy atom. The molecular formula is C26H31F2N3O3. The van der Waals surface area contributed by atoms with Crippen molar-refractivity contribution in [1.29, 1.82) is 0 Å². The maximum absolute atomic E-state index is 13.5. The zero-order chi connectivity index (χ0) is 23.9. The summed E-state index contributed by atoms with van der Waals surface area (Å²) in [6.45, 7) is 1.05. The Bertz CT molecular complexity index is 1080. The highest BCUT2D eigenvalue weighted by molar-refractivity contribution is 5.89. The Balaban J connectivity index is 1.33. The molecule has 0 aromatic heterocycles. The summed E-state index contributed by atoms with van der Waals surface area (Å²) in [5.41, 5.74) is 1.51. The van der Waals surface area contributed by atoms with Crippen molar-refractivity contribution in [3.8, 4) is 11.5 Å². The van der Waals surface area contributed by atoms with E-state index in [1.54, 1.807) is 14.2 Å². The van der Waals surface area contributed by atoms with Gasteiger partial charge in [0, 0.05) is 35.3 Å². The Morgan fingerprint density at radius 2 is 1.79 bits per heavy atom. The summed E-state index contributed by atoms with van der Waals surface area (Å²) in [5, 5.41) is 5.70. The highest BCUT2D eigenvalue weighted by atomic mass is 19.2. The number of fused-ring (bicyclic) bond motifs is 1. The van der Waals surface area contributed by atoms with Crippen LogP contribution in [0.3, 0.4) is 0 Å². The van der Waals surface area contributed by atoms with Gasteiger partial charge in [-0.1, -0.05) is 6.07 Å². The van der Waals surface area contributed by atoms with Gasteiger partial charge in [-0.05, 0) is 74.9 Å². The molecule has 182 valence electrons. The molecular weight excluding hydrogens is 440 g/mol. The van der Waals surface area contributed by atoms with Crippen molar-refractivity contribution in [3.05, 3.63) is 53.6 Å². The van der Waals surface area contributed by atoms with E-state index in [1.165, 1.54) is 24.5 Å². The van der Waals surface area contributed by atoms with Crippen LogP contribution >= 0.6 is 0 Å². The van der Waals surface area contributed by atoms with Crippen molar-refractivity contribution in [2.75, 3.05) is 26.1 Å². The van der Waals surface area contributed by atoms with Gasteiger partial charge in [0.1, 0.15) is 0 Å². The number of hydrogen-bond donors (Lipinski definition) is 2. The lowest BCUT2D eigenvalue weighted by molar-refractivity contribution is 0.130. The van der Waals surface area contributed by atoms with E-state index in [4.69, 9.17) is 9.47 Å². The second-order valence-corrected chi connectivity index (χ2v) is 9.66. The van der Waals surface area contributed by atoms with Crippen LogP contribution in [0.1, 0.15) is 44.1 Å². The molecule has 0 spiro atoms. The van der Waals surface area contributed by atoms with Crippen LogP contribution in [0.2, 0.25) is 0 Å². The third kappa shape index (κ3) is 4.19. The van der Waals surface area contributed by atoms with Crippen molar-refractivity contribution >= 4 is 11.7 Å². The van der Waals surface area contributed by atoms with Gasteiger partial charge in [-0.25, -0.2) is 13.6 Å². The number of ether oxygens (including phenoxy) is 2. The minimum absolute atomic E-state index is 0.00270. The number of likely N-dealkylation sites (tertiary alicyclic amines) is 1. The number of carbonyl (C=O) groups excluding carboxylic acids is 1. The number of nitrogens with zero attached hydrogens (tertiary/aromatic N) is 1. The van der Waals surface area contributed by atoms with Crippen LogP contribution in [-0.4, -0.2) is 49.8 Å². The third-order valence-electron chi connectivity index (χ3n) is 7.79.